The van der Waals surface area contributed by atoms with E-state index in [9.17, 15) is 43.3 Å². The molecule has 2 aromatic rings. The van der Waals surface area contributed by atoms with Gasteiger partial charge < -0.3 is 39.3 Å². The van der Waals surface area contributed by atoms with Gasteiger partial charge in [-0.15, -0.1) is 0 Å². The molecule has 1 aliphatic heterocycles. The number of H-pyrrole nitrogens is 1. The van der Waals surface area contributed by atoms with Gasteiger partial charge in [0.05, 0.1) is 25.8 Å². The molecular weight excluding hydrogens is 581 g/mol. The third-order valence-electron chi connectivity index (χ3n) is 5.04. The van der Waals surface area contributed by atoms with Crippen molar-refractivity contribution < 1.29 is 66.1 Å². The van der Waals surface area contributed by atoms with Gasteiger partial charge in [0.2, 0.25) is 0 Å². The number of aliphatic hydroxyl groups is 2. The van der Waals surface area contributed by atoms with Crippen molar-refractivity contribution in [2.75, 3.05) is 13.7 Å². The molecule has 7 N–H and O–H groups in total. The Morgan fingerprint density at radius 1 is 0.974 bits per heavy atom. The minimum Gasteiger partial charge on any atom is -0.497 e. The van der Waals surface area contributed by atoms with E-state index in [0.29, 0.717) is 11.3 Å². The van der Waals surface area contributed by atoms with Crippen molar-refractivity contribution >= 4 is 23.5 Å². The molecule has 212 valence electrons. The summed E-state index contributed by atoms with van der Waals surface area (Å²) in [5, 5.41) is 20.7. The number of aliphatic hydroxyl groups excluding tert-OH is 2. The van der Waals surface area contributed by atoms with Crippen molar-refractivity contribution in [3.8, 4) is 5.75 Å². The molecule has 1 fully saturated rings. The second kappa shape index (κ2) is 11.6. The molecule has 0 spiro atoms. The molecule has 3 rings (SSSR count). The van der Waals surface area contributed by atoms with Crippen LogP contribution in [0.3, 0.4) is 0 Å². The number of methoxy groups -OCH3 is 1. The number of rotatable bonds is 11. The Hall–Kier alpha value is -2.01. The topological polar surface area (TPSA) is 274 Å². The average molecular weight is 604 g/mol. The van der Waals surface area contributed by atoms with E-state index < -0.39 is 65.7 Å². The Bertz CT molecular complexity index is 1400. The van der Waals surface area contributed by atoms with Gasteiger partial charge in [-0.2, -0.15) is 8.62 Å². The van der Waals surface area contributed by atoms with Gasteiger partial charge in [0, 0.05) is 6.20 Å². The van der Waals surface area contributed by atoms with Crippen LogP contribution >= 0.6 is 23.5 Å². The van der Waals surface area contributed by atoms with E-state index in [2.05, 4.69) is 18.1 Å². The van der Waals surface area contributed by atoms with Crippen LogP contribution in [0, 0.1) is 0 Å². The van der Waals surface area contributed by atoms with Crippen molar-refractivity contribution in [2.24, 2.45) is 0 Å². The first-order valence-corrected chi connectivity index (χ1v) is 14.8. The van der Waals surface area contributed by atoms with E-state index in [-0.39, 0.29) is 12.1 Å². The molecule has 0 amide bonds. The van der Waals surface area contributed by atoms with E-state index in [1.54, 1.807) is 24.3 Å². The first-order chi connectivity index (χ1) is 17.5. The van der Waals surface area contributed by atoms with Crippen LogP contribution in [0.5, 0.6) is 5.75 Å². The predicted molar refractivity (Wildman–Crippen MR) is 123 cm³/mol. The summed E-state index contributed by atoms with van der Waals surface area (Å²) in [5.41, 5.74) is -1.38. The Labute approximate surface area is 212 Å². The fraction of sp³-hybridized carbons (Fsp3) is 0.412. The highest BCUT2D eigenvalue weighted by atomic mass is 31.3. The lowest BCUT2D eigenvalue weighted by Crippen LogP contribution is -2.36. The van der Waals surface area contributed by atoms with E-state index in [1.807, 2.05) is 0 Å². The summed E-state index contributed by atoms with van der Waals surface area (Å²) in [6, 6.07) is 6.63. The number of aromatic amines is 1. The van der Waals surface area contributed by atoms with Crippen LogP contribution in [0.4, 0.5) is 0 Å². The third-order valence-corrected chi connectivity index (χ3v) is 8.84. The molecule has 2 heterocycles. The molecule has 1 saturated heterocycles. The molecule has 0 radical (unpaired) electrons. The molecule has 1 aliphatic rings. The number of hydrogen-bond acceptors (Lipinski definition) is 12. The van der Waals surface area contributed by atoms with Crippen LogP contribution in [-0.2, 0) is 38.1 Å². The number of nitrogens with one attached hydrogen (secondary N) is 1. The maximum absolute atomic E-state index is 12.4. The summed E-state index contributed by atoms with van der Waals surface area (Å²) in [6.07, 6.45) is -5.69. The van der Waals surface area contributed by atoms with Crippen molar-refractivity contribution in [3.05, 3.63) is 62.4 Å². The summed E-state index contributed by atoms with van der Waals surface area (Å²) in [5.74, 6) is 0.571. The molecule has 0 bridgehead atoms. The normalized spacial score (nSPS) is 25.0. The quantitative estimate of drug-likeness (QED) is 0.153. The Morgan fingerprint density at radius 2 is 1.61 bits per heavy atom. The van der Waals surface area contributed by atoms with Gasteiger partial charge in [0.15, 0.2) is 0 Å². The smallest absolute Gasteiger partial charge is 0.490 e. The fourth-order valence-electron chi connectivity index (χ4n) is 3.39. The number of phosphoric ester groups is 1. The van der Waals surface area contributed by atoms with E-state index >= 15 is 0 Å². The largest absolute Gasteiger partial charge is 0.497 e. The lowest BCUT2D eigenvalue weighted by atomic mass is 10.0. The second-order valence-corrected chi connectivity index (χ2v) is 12.2. The highest BCUT2D eigenvalue weighted by Crippen LogP contribution is 2.66. The number of hydrogen-bond donors (Lipinski definition) is 7. The van der Waals surface area contributed by atoms with Crippen LogP contribution in [-0.4, -0.2) is 71.4 Å². The highest BCUT2D eigenvalue weighted by Gasteiger charge is 2.47. The standard InChI is InChI=1S/C17H23N2O16P3/c1-31-10-4-2-9(3-5-10)6-19-7-11(16(22)18-17(19)23)15-14(21)13(20)12(33-15)8-32-37(27,28)35-38(29,30)34-36(24,25)26/h2-5,7,12-15,20-21H,6,8H2,1H3,(H,27,28)(H,29,30)(H,18,22,23)(H2,24,25,26)/t12-,13-,14-,15+/m1/s1. The van der Waals surface area contributed by atoms with Crippen molar-refractivity contribution in [1.82, 2.24) is 9.55 Å². The summed E-state index contributed by atoms with van der Waals surface area (Å²) in [6.45, 7) is -1.07. The lowest BCUT2D eigenvalue weighted by Gasteiger charge is -2.19. The summed E-state index contributed by atoms with van der Waals surface area (Å²) < 4.78 is 57.1. The second-order valence-electron chi connectivity index (χ2n) is 7.78. The Kier molecular flexibility index (Phi) is 9.33. The molecule has 0 saturated carbocycles. The maximum atomic E-state index is 12.4. The molecule has 21 heteroatoms. The highest BCUT2D eigenvalue weighted by molar-refractivity contribution is 7.66. The van der Waals surface area contributed by atoms with Gasteiger partial charge in [-0.1, -0.05) is 12.1 Å². The van der Waals surface area contributed by atoms with Crippen molar-refractivity contribution in [2.45, 2.75) is 31.0 Å². The van der Waals surface area contributed by atoms with E-state index in [4.69, 9.17) is 19.3 Å². The van der Waals surface area contributed by atoms with Gasteiger partial charge in [0.25, 0.3) is 5.56 Å². The molecule has 18 nitrogen and oxygen atoms in total. The van der Waals surface area contributed by atoms with Crippen LogP contribution in [0.15, 0.2) is 40.1 Å². The van der Waals surface area contributed by atoms with E-state index in [1.165, 1.54) is 7.11 Å². The zero-order valence-electron chi connectivity index (χ0n) is 19.2. The van der Waals surface area contributed by atoms with Crippen LogP contribution in [0.25, 0.3) is 0 Å². The van der Waals surface area contributed by atoms with Gasteiger partial charge in [-0.05, 0) is 17.7 Å². The average Bonchev–Trinajstić information content (AvgIpc) is 3.06. The summed E-state index contributed by atoms with van der Waals surface area (Å²) >= 11 is 0. The number of benzene rings is 1. The van der Waals surface area contributed by atoms with Crippen molar-refractivity contribution in [3.63, 3.8) is 0 Å². The molecule has 1 aromatic carbocycles. The molecule has 6 atom stereocenters. The van der Waals surface area contributed by atoms with Gasteiger partial charge >= 0.3 is 29.2 Å². The van der Waals surface area contributed by atoms with Gasteiger partial charge in [0.1, 0.15) is 30.2 Å². The summed E-state index contributed by atoms with van der Waals surface area (Å²) in [4.78, 5) is 62.6. The molecular formula is C17H23N2O16P3. The lowest BCUT2D eigenvalue weighted by molar-refractivity contribution is -0.0228. The number of aromatic nitrogens is 2. The minimum atomic E-state index is -5.77. The van der Waals surface area contributed by atoms with Crippen LogP contribution in [0.2, 0.25) is 0 Å². The van der Waals surface area contributed by atoms with E-state index in [0.717, 1.165) is 10.8 Å². The number of nitrogens with zero attached hydrogens (tertiary/aromatic N) is 1. The zero-order valence-corrected chi connectivity index (χ0v) is 21.8. The monoisotopic (exact) mass is 604 g/mol. The number of phosphoric acid groups is 3. The minimum absolute atomic E-state index is 0.00650. The number of ether oxygens (including phenoxy) is 2. The zero-order chi connectivity index (χ0) is 28.5. The Balaban J connectivity index is 1.74. The SMILES string of the molecule is COc1ccc(Cn2cc([C@@H]3O[C@H](COP(=O)(O)OP(=O)(O)OP(=O)(O)O)[C@@H](O)[C@H]3O)c(=O)[nH]c2=O)cc1. The molecule has 1 aromatic heterocycles. The molecule has 2 unspecified atom stereocenters. The molecule has 0 aliphatic carbocycles. The Morgan fingerprint density at radius 3 is 2.18 bits per heavy atom. The van der Waals surface area contributed by atoms with Gasteiger partial charge in [-0.25, -0.2) is 18.5 Å². The molecule has 38 heavy (non-hydrogen) atoms. The van der Waals surface area contributed by atoms with Crippen LogP contribution in [0.1, 0.15) is 17.2 Å². The van der Waals surface area contributed by atoms with Gasteiger partial charge in [-0.3, -0.25) is 18.9 Å². The van der Waals surface area contributed by atoms with Crippen molar-refractivity contribution in [1.29, 1.82) is 0 Å². The maximum Gasteiger partial charge on any atom is 0.490 e. The first kappa shape index (κ1) is 30.5. The first-order valence-electron chi connectivity index (χ1n) is 10.3. The van der Waals surface area contributed by atoms with Crippen LogP contribution < -0.4 is 16.0 Å². The fourth-order valence-corrected chi connectivity index (χ4v) is 6.42. The summed E-state index contributed by atoms with van der Waals surface area (Å²) in [7, 11) is -15.4. The third kappa shape index (κ3) is 8.00. The predicted octanol–water partition coefficient (Wildman–Crippen LogP) is -0.902.